The maximum atomic E-state index is 11.9. The minimum absolute atomic E-state index is 0.0291. The van der Waals surface area contributed by atoms with E-state index in [1.54, 1.807) is 23.5 Å². The summed E-state index contributed by atoms with van der Waals surface area (Å²) in [6, 6.07) is 8.13. The summed E-state index contributed by atoms with van der Waals surface area (Å²) in [5.41, 5.74) is 1.84. The van der Waals surface area contributed by atoms with Gasteiger partial charge in [-0.25, -0.2) is 4.98 Å². The predicted octanol–water partition coefficient (Wildman–Crippen LogP) is 3.57. The number of thioether (sulfide) groups is 2. The third-order valence-corrected chi connectivity index (χ3v) is 5.35. The second kappa shape index (κ2) is 5.73. The van der Waals surface area contributed by atoms with E-state index in [1.807, 2.05) is 12.1 Å². The van der Waals surface area contributed by atoms with E-state index in [1.165, 1.54) is 4.90 Å². The van der Waals surface area contributed by atoms with Crippen LogP contribution in [0.2, 0.25) is 0 Å². The molecule has 1 N–H and O–H groups in total. The number of rotatable bonds is 3. The van der Waals surface area contributed by atoms with Gasteiger partial charge in [0.25, 0.3) is 5.56 Å². The van der Waals surface area contributed by atoms with Crippen molar-refractivity contribution >= 4 is 39.5 Å². The molecule has 19 heavy (non-hydrogen) atoms. The SMILES string of the molecule is O=c1[nH]c(CSc2ccc(Br)cc2)nc2c1CSC2. The number of hydrogen-bond acceptors (Lipinski definition) is 4. The van der Waals surface area contributed by atoms with Gasteiger partial charge in [-0.05, 0) is 24.3 Å². The van der Waals surface area contributed by atoms with Crippen LogP contribution in [0.4, 0.5) is 0 Å². The summed E-state index contributed by atoms with van der Waals surface area (Å²) in [5.74, 6) is 3.10. The summed E-state index contributed by atoms with van der Waals surface area (Å²) in [5, 5.41) is 0. The van der Waals surface area contributed by atoms with Crippen LogP contribution in [0, 0.1) is 0 Å². The highest BCUT2D eigenvalue weighted by Crippen LogP contribution is 2.27. The Hall–Kier alpha value is -0.720. The molecule has 1 aliphatic heterocycles. The van der Waals surface area contributed by atoms with E-state index < -0.39 is 0 Å². The van der Waals surface area contributed by atoms with Gasteiger partial charge in [0.2, 0.25) is 0 Å². The van der Waals surface area contributed by atoms with Crippen molar-refractivity contribution in [2.24, 2.45) is 0 Å². The number of nitrogens with zero attached hydrogens (tertiary/aromatic N) is 1. The van der Waals surface area contributed by atoms with Gasteiger partial charge in [-0.2, -0.15) is 11.8 Å². The van der Waals surface area contributed by atoms with Crippen molar-refractivity contribution in [2.45, 2.75) is 22.2 Å². The van der Waals surface area contributed by atoms with Crippen molar-refractivity contribution < 1.29 is 0 Å². The molecule has 98 valence electrons. The molecule has 0 radical (unpaired) electrons. The van der Waals surface area contributed by atoms with E-state index in [-0.39, 0.29) is 5.56 Å². The number of hydrogen-bond donors (Lipinski definition) is 1. The van der Waals surface area contributed by atoms with Crippen molar-refractivity contribution in [3.63, 3.8) is 0 Å². The highest BCUT2D eigenvalue weighted by Gasteiger charge is 2.17. The molecule has 0 bridgehead atoms. The normalized spacial score (nSPS) is 13.5. The van der Waals surface area contributed by atoms with Crippen LogP contribution in [0.1, 0.15) is 17.1 Å². The second-order valence-corrected chi connectivity index (χ2v) is 7.12. The lowest BCUT2D eigenvalue weighted by Crippen LogP contribution is -2.16. The van der Waals surface area contributed by atoms with Crippen LogP contribution in [-0.4, -0.2) is 9.97 Å². The summed E-state index contributed by atoms with van der Waals surface area (Å²) >= 11 is 6.84. The first-order valence-corrected chi connectivity index (χ1v) is 8.73. The number of nitrogens with one attached hydrogen (secondary N) is 1. The maximum Gasteiger partial charge on any atom is 0.255 e. The standard InChI is InChI=1S/C13H11BrN2OS2/c14-8-1-3-9(4-2-8)19-7-12-15-11-6-18-5-10(11)13(17)16-12/h1-4H,5-7H2,(H,15,16,17). The molecule has 0 aliphatic carbocycles. The zero-order chi connectivity index (χ0) is 13.2. The lowest BCUT2D eigenvalue weighted by molar-refractivity contribution is 0.943. The van der Waals surface area contributed by atoms with Gasteiger partial charge in [0.15, 0.2) is 0 Å². The molecule has 0 unspecified atom stereocenters. The van der Waals surface area contributed by atoms with Gasteiger partial charge >= 0.3 is 0 Å². The van der Waals surface area contributed by atoms with Crippen LogP contribution in [-0.2, 0) is 17.3 Å². The summed E-state index contributed by atoms with van der Waals surface area (Å²) in [6.45, 7) is 0. The van der Waals surface area contributed by atoms with Crippen LogP contribution < -0.4 is 5.56 Å². The van der Waals surface area contributed by atoms with Crippen molar-refractivity contribution in [3.8, 4) is 0 Å². The van der Waals surface area contributed by atoms with E-state index in [9.17, 15) is 4.79 Å². The number of halogens is 1. The van der Waals surface area contributed by atoms with Gasteiger partial charge in [0.05, 0.1) is 11.4 Å². The Balaban J connectivity index is 1.75. The summed E-state index contributed by atoms with van der Waals surface area (Å²) in [7, 11) is 0. The zero-order valence-corrected chi connectivity index (χ0v) is 13.2. The van der Waals surface area contributed by atoms with E-state index in [0.717, 1.165) is 33.1 Å². The molecule has 0 saturated heterocycles. The highest BCUT2D eigenvalue weighted by molar-refractivity contribution is 9.10. The first kappa shape index (κ1) is 13.3. The van der Waals surface area contributed by atoms with Gasteiger partial charge in [-0.1, -0.05) is 15.9 Å². The number of aromatic amines is 1. The molecular weight excluding hydrogens is 344 g/mol. The minimum atomic E-state index is 0.0291. The Kier molecular flexibility index (Phi) is 4.00. The molecule has 0 fully saturated rings. The number of aromatic nitrogens is 2. The van der Waals surface area contributed by atoms with E-state index in [0.29, 0.717) is 5.75 Å². The lowest BCUT2D eigenvalue weighted by atomic mass is 10.3. The minimum Gasteiger partial charge on any atom is -0.310 e. The molecule has 1 aromatic heterocycles. The number of fused-ring (bicyclic) bond motifs is 1. The van der Waals surface area contributed by atoms with Crippen molar-refractivity contribution in [1.29, 1.82) is 0 Å². The smallest absolute Gasteiger partial charge is 0.255 e. The van der Waals surface area contributed by atoms with Gasteiger partial charge in [0, 0.05) is 26.4 Å². The number of benzene rings is 1. The van der Waals surface area contributed by atoms with Crippen LogP contribution >= 0.6 is 39.5 Å². The summed E-state index contributed by atoms with van der Waals surface area (Å²) in [4.78, 5) is 20.5. The molecule has 1 aromatic carbocycles. The van der Waals surface area contributed by atoms with Crippen LogP contribution in [0.3, 0.4) is 0 Å². The van der Waals surface area contributed by atoms with Gasteiger partial charge < -0.3 is 4.98 Å². The third kappa shape index (κ3) is 3.07. The maximum absolute atomic E-state index is 11.9. The fourth-order valence-corrected chi connectivity index (χ4v) is 3.93. The molecule has 0 atom stereocenters. The molecule has 1 aliphatic rings. The second-order valence-electron chi connectivity index (χ2n) is 4.17. The quantitative estimate of drug-likeness (QED) is 0.855. The Morgan fingerprint density at radius 1 is 1.32 bits per heavy atom. The average Bonchev–Trinajstić information content (AvgIpc) is 2.87. The van der Waals surface area contributed by atoms with Crippen molar-refractivity contribution in [3.05, 3.63) is 56.2 Å². The van der Waals surface area contributed by atoms with Crippen LogP contribution in [0.5, 0.6) is 0 Å². The topological polar surface area (TPSA) is 45.8 Å². The molecule has 0 amide bonds. The number of H-pyrrole nitrogens is 1. The Morgan fingerprint density at radius 2 is 2.11 bits per heavy atom. The van der Waals surface area contributed by atoms with Gasteiger partial charge in [-0.15, -0.1) is 11.8 Å². The largest absolute Gasteiger partial charge is 0.310 e. The highest BCUT2D eigenvalue weighted by atomic mass is 79.9. The van der Waals surface area contributed by atoms with E-state index in [4.69, 9.17) is 0 Å². The lowest BCUT2D eigenvalue weighted by Gasteiger charge is -2.04. The van der Waals surface area contributed by atoms with Gasteiger partial charge in [-0.3, -0.25) is 4.79 Å². The molecule has 0 spiro atoms. The molecular formula is C13H11BrN2OS2. The first-order chi connectivity index (χ1) is 9.22. The zero-order valence-electron chi connectivity index (χ0n) is 9.98. The average molecular weight is 355 g/mol. The van der Waals surface area contributed by atoms with Crippen LogP contribution in [0.15, 0.2) is 38.4 Å². The Labute approximate surface area is 127 Å². The predicted molar refractivity (Wildman–Crippen MR) is 83.6 cm³/mol. The molecule has 6 heteroatoms. The van der Waals surface area contributed by atoms with Crippen molar-refractivity contribution in [1.82, 2.24) is 9.97 Å². The van der Waals surface area contributed by atoms with E-state index in [2.05, 4.69) is 38.0 Å². The molecule has 0 saturated carbocycles. The summed E-state index contributed by atoms with van der Waals surface area (Å²) in [6.07, 6.45) is 0. The molecule has 2 aromatic rings. The molecule has 2 heterocycles. The Bertz CT molecular complexity index is 655. The molecule has 3 rings (SSSR count). The van der Waals surface area contributed by atoms with E-state index >= 15 is 0 Å². The monoisotopic (exact) mass is 354 g/mol. The first-order valence-electron chi connectivity index (χ1n) is 5.79. The Morgan fingerprint density at radius 3 is 2.89 bits per heavy atom. The fourth-order valence-electron chi connectivity index (χ4n) is 1.86. The van der Waals surface area contributed by atoms with Crippen molar-refractivity contribution in [2.75, 3.05) is 0 Å². The van der Waals surface area contributed by atoms with Crippen LogP contribution in [0.25, 0.3) is 0 Å². The summed E-state index contributed by atoms with van der Waals surface area (Å²) < 4.78 is 1.07. The molecule has 3 nitrogen and oxygen atoms in total. The third-order valence-electron chi connectivity index (χ3n) is 2.82. The van der Waals surface area contributed by atoms with Gasteiger partial charge in [0.1, 0.15) is 5.82 Å². The fraction of sp³-hybridized carbons (Fsp3) is 0.231.